The van der Waals surface area contributed by atoms with Gasteiger partial charge >= 0.3 is 0 Å². The van der Waals surface area contributed by atoms with Crippen LogP contribution in [0, 0.1) is 19.8 Å². The number of thiophene rings is 1. The van der Waals surface area contributed by atoms with Gasteiger partial charge in [-0.15, -0.1) is 11.3 Å². The fourth-order valence-electron chi connectivity index (χ4n) is 4.44. The lowest BCUT2D eigenvalue weighted by atomic mass is 9.86. The maximum Gasteiger partial charge on any atom is 0.260 e. The van der Waals surface area contributed by atoms with Gasteiger partial charge in [0.25, 0.3) is 5.56 Å². The Kier molecular flexibility index (Phi) is 5.86. The third-order valence-electron chi connectivity index (χ3n) is 6.22. The van der Waals surface area contributed by atoms with Gasteiger partial charge in [0, 0.05) is 23.1 Å². The topological polar surface area (TPSA) is 69.2 Å². The number of aliphatic hydroxyl groups excluding tert-OH is 1. The highest BCUT2D eigenvalue weighted by Gasteiger charge is 2.24. The van der Waals surface area contributed by atoms with E-state index in [1.165, 1.54) is 5.56 Å². The van der Waals surface area contributed by atoms with Crippen molar-refractivity contribution >= 4 is 21.6 Å². The number of aryl methyl sites for hydroxylation is 2. The average Bonchev–Trinajstić information content (AvgIpc) is 3.05. The third kappa shape index (κ3) is 4.15. The lowest BCUT2D eigenvalue weighted by Gasteiger charge is -2.33. The van der Waals surface area contributed by atoms with Crippen LogP contribution in [0.2, 0.25) is 0 Å². The van der Waals surface area contributed by atoms with Crippen LogP contribution in [0.5, 0.6) is 0 Å². The minimum Gasteiger partial charge on any atom is -0.396 e. The van der Waals surface area contributed by atoms with E-state index in [1.807, 2.05) is 0 Å². The molecule has 3 aromatic rings. The molecule has 0 saturated heterocycles. The normalized spacial score (nSPS) is 19.9. The molecule has 0 amide bonds. The summed E-state index contributed by atoms with van der Waals surface area (Å²) in [5, 5.41) is 10.0. The Hall–Kier alpha value is -2.02. The van der Waals surface area contributed by atoms with Crippen LogP contribution in [0.1, 0.15) is 41.9 Å². The molecule has 0 spiro atoms. The molecule has 0 radical (unpaired) electrons. The van der Waals surface area contributed by atoms with Crippen LogP contribution in [0.15, 0.2) is 29.1 Å². The summed E-state index contributed by atoms with van der Waals surface area (Å²) in [6.45, 7) is 5.06. The molecule has 2 aromatic heterocycles. The first-order chi connectivity index (χ1) is 14.0. The van der Waals surface area contributed by atoms with Gasteiger partial charge in [-0.2, -0.15) is 0 Å². The Labute approximate surface area is 175 Å². The number of nitrogens with one attached hydrogen (secondary N) is 1. The molecule has 1 saturated carbocycles. The fraction of sp³-hybridized carbons (Fsp3) is 0.478. The van der Waals surface area contributed by atoms with Crippen molar-refractivity contribution in [1.82, 2.24) is 14.9 Å². The van der Waals surface area contributed by atoms with Crippen LogP contribution in [-0.4, -0.2) is 39.7 Å². The number of hydrogen-bond acceptors (Lipinski definition) is 5. The largest absolute Gasteiger partial charge is 0.396 e. The summed E-state index contributed by atoms with van der Waals surface area (Å²) in [6.07, 6.45) is 4.31. The highest BCUT2D eigenvalue weighted by Crippen LogP contribution is 2.35. The smallest absolute Gasteiger partial charge is 0.260 e. The highest BCUT2D eigenvalue weighted by atomic mass is 32.1. The van der Waals surface area contributed by atoms with Crippen LogP contribution in [0.4, 0.5) is 0 Å². The Bertz CT molecular complexity index is 1050. The van der Waals surface area contributed by atoms with Crippen LogP contribution in [0.25, 0.3) is 21.3 Å². The number of benzene rings is 1. The molecule has 2 heterocycles. The molecule has 4 rings (SSSR count). The number of rotatable bonds is 5. The van der Waals surface area contributed by atoms with Gasteiger partial charge < -0.3 is 10.1 Å². The standard InChI is InChI=1S/C23H29N3O2S/c1-14-4-8-17(9-5-14)20-15(2)29-23-21(20)22(28)24-19(25-23)12-26(3)18-10-6-16(13-27)7-11-18/h4-5,8-9,16,18,27H,6-7,10-13H2,1-3H3,(H,24,25,28). The van der Waals surface area contributed by atoms with Gasteiger partial charge in [-0.05, 0) is 58.1 Å². The fourth-order valence-corrected chi connectivity index (χ4v) is 5.50. The molecule has 2 N–H and O–H groups in total. The minimum atomic E-state index is -0.0534. The lowest BCUT2D eigenvalue weighted by Crippen LogP contribution is -2.36. The predicted octanol–water partition coefficient (Wildman–Crippen LogP) is 4.25. The Morgan fingerprint density at radius 1 is 1.17 bits per heavy atom. The van der Waals surface area contributed by atoms with Crippen molar-refractivity contribution in [2.24, 2.45) is 5.92 Å². The van der Waals surface area contributed by atoms with E-state index >= 15 is 0 Å². The molecule has 1 aliphatic rings. The van der Waals surface area contributed by atoms with Gasteiger partial charge in [-0.3, -0.25) is 9.69 Å². The quantitative estimate of drug-likeness (QED) is 0.658. The molecule has 0 aliphatic heterocycles. The van der Waals surface area contributed by atoms with E-state index in [-0.39, 0.29) is 5.56 Å². The van der Waals surface area contributed by atoms with E-state index in [9.17, 15) is 9.90 Å². The molecule has 1 fully saturated rings. The van der Waals surface area contributed by atoms with Crippen LogP contribution >= 0.6 is 11.3 Å². The Morgan fingerprint density at radius 2 is 1.86 bits per heavy atom. The molecule has 154 valence electrons. The third-order valence-corrected chi connectivity index (χ3v) is 7.22. The zero-order valence-electron chi connectivity index (χ0n) is 17.4. The second kappa shape index (κ2) is 8.38. The van der Waals surface area contributed by atoms with Crippen molar-refractivity contribution in [2.75, 3.05) is 13.7 Å². The molecule has 6 heteroatoms. The number of hydrogen-bond donors (Lipinski definition) is 2. The lowest BCUT2D eigenvalue weighted by molar-refractivity contribution is 0.122. The van der Waals surface area contributed by atoms with Crippen molar-refractivity contribution in [3.63, 3.8) is 0 Å². The number of aliphatic hydroxyl groups is 1. The van der Waals surface area contributed by atoms with Crippen molar-refractivity contribution in [1.29, 1.82) is 0 Å². The molecular weight excluding hydrogens is 382 g/mol. The van der Waals surface area contributed by atoms with Gasteiger partial charge in [0.1, 0.15) is 10.7 Å². The van der Waals surface area contributed by atoms with E-state index in [2.05, 4.69) is 55.0 Å². The summed E-state index contributed by atoms with van der Waals surface area (Å²) in [5.74, 6) is 1.18. The number of aromatic nitrogens is 2. The molecule has 1 aliphatic carbocycles. The van der Waals surface area contributed by atoms with E-state index in [0.29, 0.717) is 30.5 Å². The number of H-pyrrole nitrogens is 1. The zero-order chi connectivity index (χ0) is 20.5. The first kappa shape index (κ1) is 20.3. The highest BCUT2D eigenvalue weighted by molar-refractivity contribution is 7.19. The number of fused-ring (bicyclic) bond motifs is 1. The van der Waals surface area contributed by atoms with Crippen LogP contribution in [-0.2, 0) is 6.54 Å². The minimum absolute atomic E-state index is 0.0534. The number of aromatic amines is 1. The van der Waals surface area contributed by atoms with Gasteiger partial charge in [0.2, 0.25) is 0 Å². The molecule has 0 atom stereocenters. The van der Waals surface area contributed by atoms with Gasteiger partial charge in [-0.1, -0.05) is 29.8 Å². The molecule has 0 unspecified atom stereocenters. The zero-order valence-corrected chi connectivity index (χ0v) is 18.2. The second-order valence-electron chi connectivity index (χ2n) is 8.36. The van der Waals surface area contributed by atoms with Crippen molar-refractivity contribution < 1.29 is 5.11 Å². The van der Waals surface area contributed by atoms with Gasteiger partial charge in [0.15, 0.2) is 0 Å². The first-order valence-electron chi connectivity index (χ1n) is 10.4. The summed E-state index contributed by atoms with van der Waals surface area (Å²) in [6, 6.07) is 8.79. The van der Waals surface area contributed by atoms with E-state index in [1.54, 1.807) is 11.3 Å². The van der Waals surface area contributed by atoms with Crippen LogP contribution in [0.3, 0.4) is 0 Å². The second-order valence-corrected chi connectivity index (χ2v) is 9.57. The molecular formula is C23H29N3O2S. The average molecular weight is 412 g/mol. The maximum atomic E-state index is 13.0. The van der Waals surface area contributed by atoms with E-state index < -0.39 is 0 Å². The molecule has 1 aromatic carbocycles. The van der Waals surface area contributed by atoms with Gasteiger partial charge in [0.05, 0.1) is 11.9 Å². The van der Waals surface area contributed by atoms with E-state index in [0.717, 1.165) is 52.3 Å². The summed E-state index contributed by atoms with van der Waals surface area (Å²) in [5.41, 5.74) is 3.22. The first-order valence-corrected chi connectivity index (χ1v) is 11.2. The predicted molar refractivity (Wildman–Crippen MR) is 119 cm³/mol. The maximum absolute atomic E-state index is 13.0. The molecule has 29 heavy (non-hydrogen) atoms. The number of nitrogens with zero attached hydrogens (tertiary/aromatic N) is 2. The Balaban J connectivity index is 1.60. The monoisotopic (exact) mass is 411 g/mol. The summed E-state index contributed by atoms with van der Waals surface area (Å²) in [7, 11) is 2.10. The summed E-state index contributed by atoms with van der Waals surface area (Å²) in [4.78, 5) is 25.0. The van der Waals surface area contributed by atoms with Crippen molar-refractivity contribution in [3.8, 4) is 11.1 Å². The molecule has 5 nitrogen and oxygen atoms in total. The van der Waals surface area contributed by atoms with Crippen LogP contribution < -0.4 is 5.56 Å². The van der Waals surface area contributed by atoms with Crippen molar-refractivity contribution in [3.05, 3.63) is 50.9 Å². The summed E-state index contributed by atoms with van der Waals surface area (Å²) < 4.78 is 0. The SMILES string of the molecule is Cc1ccc(-c2c(C)sc3nc(CN(C)C4CCC(CO)CC4)[nH]c(=O)c23)cc1. The molecule has 0 bridgehead atoms. The van der Waals surface area contributed by atoms with Gasteiger partial charge in [-0.25, -0.2) is 4.98 Å². The Morgan fingerprint density at radius 3 is 2.52 bits per heavy atom. The van der Waals surface area contributed by atoms with Crippen molar-refractivity contribution in [2.45, 2.75) is 52.1 Å². The van der Waals surface area contributed by atoms with E-state index in [4.69, 9.17) is 4.98 Å². The summed E-state index contributed by atoms with van der Waals surface area (Å²) >= 11 is 1.59.